The Morgan fingerprint density at radius 1 is 1.35 bits per heavy atom. The molecule has 1 aliphatic heterocycles. The van der Waals surface area contributed by atoms with E-state index in [1.165, 1.54) is 11.3 Å². The maximum absolute atomic E-state index is 12.2. The van der Waals surface area contributed by atoms with Crippen LogP contribution in [0.15, 0.2) is 21.7 Å². The van der Waals surface area contributed by atoms with Gasteiger partial charge in [-0.3, -0.25) is 0 Å². The minimum absolute atomic E-state index is 0. The fraction of sp³-hybridized carbons (Fsp3) is 0.600. The van der Waals surface area contributed by atoms with Gasteiger partial charge in [-0.05, 0) is 25.3 Å². The third-order valence-corrected chi connectivity index (χ3v) is 5.82. The van der Waals surface area contributed by atoms with Crippen molar-refractivity contribution in [1.29, 1.82) is 0 Å². The Balaban J connectivity index is 0.00000144. The lowest BCUT2D eigenvalue weighted by molar-refractivity contribution is 0.263. The standard InChI is InChI=1S/C10H16N2O2S2.ClH/c1-8-6-12(7-9(2)11-8)16(13,14)10-4-3-5-15-10;/h3-5,8-9,11H,6-7H2,1-2H3;1H. The average Bonchev–Trinajstić information content (AvgIpc) is 2.69. The topological polar surface area (TPSA) is 49.4 Å². The molecule has 2 unspecified atom stereocenters. The Labute approximate surface area is 112 Å². The lowest BCUT2D eigenvalue weighted by atomic mass is 10.2. The second kappa shape index (κ2) is 5.67. The van der Waals surface area contributed by atoms with Gasteiger partial charge in [-0.15, -0.1) is 23.7 Å². The lowest BCUT2D eigenvalue weighted by Crippen LogP contribution is -2.55. The van der Waals surface area contributed by atoms with E-state index in [-0.39, 0.29) is 24.5 Å². The highest BCUT2D eigenvalue weighted by molar-refractivity contribution is 7.91. The minimum atomic E-state index is -3.27. The van der Waals surface area contributed by atoms with Crippen molar-refractivity contribution >= 4 is 33.8 Å². The van der Waals surface area contributed by atoms with Gasteiger partial charge in [-0.1, -0.05) is 6.07 Å². The number of nitrogens with zero attached hydrogens (tertiary/aromatic N) is 1. The summed E-state index contributed by atoms with van der Waals surface area (Å²) < 4.78 is 26.5. The lowest BCUT2D eigenvalue weighted by Gasteiger charge is -2.34. The molecule has 1 fully saturated rings. The van der Waals surface area contributed by atoms with Crippen molar-refractivity contribution in [2.75, 3.05) is 13.1 Å². The normalized spacial score (nSPS) is 26.5. The quantitative estimate of drug-likeness (QED) is 0.901. The Bertz CT molecular complexity index is 437. The summed E-state index contributed by atoms with van der Waals surface area (Å²) in [7, 11) is -3.27. The number of hydrogen-bond acceptors (Lipinski definition) is 4. The van der Waals surface area contributed by atoms with E-state index in [9.17, 15) is 8.42 Å². The number of thiophene rings is 1. The maximum Gasteiger partial charge on any atom is 0.252 e. The zero-order valence-electron chi connectivity index (χ0n) is 9.79. The van der Waals surface area contributed by atoms with E-state index < -0.39 is 10.0 Å². The fourth-order valence-corrected chi connectivity index (χ4v) is 4.77. The van der Waals surface area contributed by atoms with Crippen LogP contribution in [0.5, 0.6) is 0 Å². The molecule has 0 bridgehead atoms. The van der Waals surface area contributed by atoms with Gasteiger partial charge >= 0.3 is 0 Å². The second-order valence-electron chi connectivity index (χ2n) is 4.22. The molecule has 1 N–H and O–H groups in total. The molecule has 1 aromatic heterocycles. The molecule has 2 heterocycles. The third-order valence-electron chi connectivity index (χ3n) is 2.61. The molecule has 7 heteroatoms. The molecule has 1 aliphatic rings. The number of rotatable bonds is 2. The first kappa shape index (κ1) is 14.9. The highest BCUT2D eigenvalue weighted by atomic mass is 35.5. The molecule has 2 atom stereocenters. The molecule has 2 rings (SSSR count). The number of hydrogen-bond donors (Lipinski definition) is 1. The molecule has 0 saturated carbocycles. The summed E-state index contributed by atoms with van der Waals surface area (Å²) >= 11 is 1.28. The third kappa shape index (κ3) is 3.20. The Hall–Kier alpha value is -0.140. The zero-order chi connectivity index (χ0) is 11.8. The molecule has 0 radical (unpaired) electrons. The second-order valence-corrected chi connectivity index (χ2v) is 7.34. The van der Waals surface area contributed by atoms with Crippen LogP contribution in [-0.4, -0.2) is 37.9 Å². The molecular weight excluding hydrogens is 280 g/mol. The summed E-state index contributed by atoms with van der Waals surface area (Å²) in [4.78, 5) is 0. The SMILES string of the molecule is CC1CN(S(=O)(=O)c2cccs2)CC(C)N1.Cl. The maximum atomic E-state index is 12.2. The number of piperazine rings is 1. The summed E-state index contributed by atoms with van der Waals surface area (Å²) in [6.07, 6.45) is 0. The van der Waals surface area contributed by atoms with Gasteiger partial charge in [0.2, 0.25) is 0 Å². The van der Waals surface area contributed by atoms with Gasteiger partial charge in [0.1, 0.15) is 4.21 Å². The van der Waals surface area contributed by atoms with Crippen molar-refractivity contribution in [2.24, 2.45) is 0 Å². The van der Waals surface area contributed by atoms with Crippen LogP contribution in [0.4, 0.5) is 0 Å². The first-order valence-electron chi connectivity index (χ1n) is 5.30. The van der Waals surface area contributed by atoms with E-state index in [4.69, 9.17) is 0 Å². The van der Waals surface area contributed by atoms with Crippen LogP contribution >= 0.6 is 23.7 Å². The highest BCUT2D eigenvalue weighted by Crippen LogP contribution is 2.22. The van der Waals surface area contributed by atoms with Gasteiger partial charge in [0.05, 0.1) is 0 Å². The molecule has 0 aliphatic carbocycles. The van der Waals surface area contributed by atoms with Crippen molar-refractivity contribution in [3.8, 4) is 0 Å². The molecule has 1 saturated heterocycles. The molecule has 1 aromatic rings. The summed E-state index contributed by atoms with van der Waals surface area (Å²) in [5.41, 5.74) is 0. The van der Waals surface area contributed by atoms with E-state index in [0.717, 1.165) is 0 Å². The first-order chi connectivity index (χ1) is 7.50. The number of sulfonamides is 1. The zero-order valence-corrected chi connectivity index (χ0v) is 12.2. The van der Waals surface area contributed by atoms with E-state index in [0.29, 0.717) is 17.3 Å². The molecule has 98 valence electrons. The predicted octanol–water partition coefficient (Wildman–Crippen LogP) is 1.54. The number of nitrogens with one attached hydrogen (secondary N) is 1. The fourth-order valence-electron chi connectivity index (χ4n) is 2.01. The van der Waals surface area contributed by atoms with Crippen LogP contribution in [0.3, 0.4) is 0 Å². The summed E-state index contributed by atoms with van der Waals surface area (Å²) in [5, 5.41) is 5.12. The van der Waals surface area contributed by atoms with Crippen LogP contribution in [0.2, 0.25) is 0 Å². The van der Waals surface area contributed by atoms with Gasteiger partial charge in [-0.25, -0.2) is 8.42 Å². The van der Waals surface area contributed by atoms with Gasteiger partial charge in [0, 0.05) is 25.2 Å². The van der Waals surface area contributed by atoms with Crippen molar-refractivity contribution in [3.63, 3.8) is 0 Å². The molecule has 4 nitrogen and oxygen atoms in total. The van der Waals surface area contributed by atoms with Crippen molar-refractivity contribution < 1.29 is 8.42 Å². The monoisotopic (exact) mass is 296 g/mol. The van der Waals surface area contributed by atoms with E-state index in [1.807, 2.05) is 13.8 Å². The van der Waals surface area contributed by atoms with Crippen LogP contribution in [0, 0.1) is 0 Å². The van der Waals surface area contributed by atoms with Crippen LogP contribution < -0.4 is 5.32 Å². The van der Waals surface area contributed by atoms with Gasteiger partial charge < -0.3 is 5.32 Å². The summed E-state index contributed by atoms with van der Waals surface area (Å²) in [6.45, 7) is 5.11. The van der Waals surface area contributed by atoms with Crippen LogP contribution in [0.1, 0.15) is 13.8 Å². The van der Waals surface area contributed by atoms with Crippen LogP contribution in [-0.2, 0) is 10.0 Å². The van der Waals surface area contributed by atoms with Crippen molar-refractivity contribution in [2.45, 2.75) is 30.1 Å². The largest absolute Gasteiger partial charge is 0.309 e. The molecule has 0 amide bonds. The number of halogens is 1. The molecular formula is C10H17ClN2O2S2. The summed E-state index contributed by atoms with van der Waals surface area (Å²) in [6, 6.07) is 3.85. The average molecular weight is 297 g/mol. The van der Waals surface area contributed by atoms with E-state index in [2.05, 4.69) is 5.32 Å². The van der Waals surface area contributed by atoms with Gasteiger partial charge in [0.15, 0.2) is 0 Å². The smallest absolute Gasteiger partial charge is 0.252 e. The van der Waals surface area contributed by atoms with Crippen molar-refractivity contribution in [3.05, 3.63) is 17.5 Å². The Kier molecular flexibility index (Phi) is 4.97. The first-order valence-corrected chi connectivity index (χ1v) is 7.62. The van der Waals surface area contributed by atoms with Gasteiger partial charge in [-0.2, -0.15) is 4.31 Å². The highest BCUT2D eigenvalue weighted by Gasteiger charge is 2.31. The van der Waals surface area contributed by atoms with E-state index in [1.54, 1.807) is 21.8 Å². The predicted molar refractivity (Wildman–Crippen MR) is 72.4 cm³/mol. The molecule has 0 spiro atoms. The minimum Gasteiger partial charge on any atom is -0.309 e. The van der Waals surface area contributed by atoms with Crippen LogP contribution in [0.25, 0.3) is 0 Å². The van der Waals surface area contributed by atoms with Gasteiger partial charge in [0.25, 0.3) is 10.0 Å². The Morgan fingerprint density at radius 2 is 1.94 bits per heavy atom. The Morgan fingerprint density at radius 3 is 2.41 bits per heavy atom. The molecule has 17 heavy (non-hydrogen) atoms. The van der Waals surface area contributed by atoms with E-state index >= 15 is 0 Å². The summed E-state index contributed by atoms with van der Waals surface area (Å²) in [5.74, 6) is 0. The molecule has 0 aromatic carbocycles. The van der Waals surface area contributed by atoms with Crippen molar-refractivity contribution in [1.82, 2.24) is 9.62 Å².